The zero-order valence-electron chi connectivity index (χ0n) is 7.47. The second kappa shape index (κ2) is 4.51. The standard InChI is InChI=1S/C9H13N3O/c10-6-7(9(11)13)8-4-2-1-3-5-12-8/h12H,1-5H2,(H2,11,13)/b8-7+. The number of amides is 1. The van der Waals surface area contributed by atoms with Gasteiger partial charge in [-0.25, -0.2) is 0 Å². The summed E-state index contributed by atoms with van der Waals surface area (Å²) < 4.78 is 0. The highest BCUT2D eigenvalue weighted by Crippen LogP contribution is 2.14. The van der Waals surface area contributed by atoms with E-state index in [2.05, 4.69) is 5.32 Å². The highest BCUT2D eigenvalue weighted by atomic mass is 16.1. The lowest BCUT2D eigenvalue weighted by Gasteiger charge is -2.06. The topological polar surface area (TPSA) is 78.9 Å². The fraction of sp³-hybridized carbons (Fsp3) is 0.556. The van der Waals surface area contributed by atoms with E-state index in [1.807, 2.05) is 6.07 Å². The van der Waals surface area contributed by atoms with Crippen molar-refractivity contribution < 1.29 is 4.79 Å². The van der Waals surface area contributed by atoms with Crippen LogP contribution in [0.4, 0.5) is 0 Å². The Labute approximate surface area is 77.4 Å². The van der Waals surface area contributed by atoms with E-state index in [0.717, 1.165) is 32.2 Å². The molecule has 1 amide bonds. The summed E-state index contributed by atoms with van der Waals surface area (Å²) in [5, 5.41) is 11.8. The van der Waals surface area contributed by atoms with Gasteiger partial charge in [-0.3, -0.25) is 4.79 Å². The van der Waals surface area contributed by atoms with E-state index in [1.54, 1.807) is 0 Å². The summed E-state index contributed by atoms with van der Waals surface area (Å²) in [5.41, 5.74) is 5.87. The Kier molecular flexibility index (Phi) is 3.32. The predicted octanol–water partition coefficient (Wildman–Crippen LogP) is 0.413. The molecule has 1 saturated heterocycles. The van der Waals surface area contributed by atoms with E-state index < -0.39 is 5.91 Å². The van der Waals surface area contributed by atoms with Crippen LogP contribution in [-0.4, -0.2) is 12.5 Å². The third-order valence-corrected chi connectivity index (χ3v) is 2.10. The van der Waals surface area contributed by atoms with Crippen LogP contribution in [0.1, 0.15) is 25.7 Å². The number of allylic oxidation sites excluding steroid dienone is 1. The number of primary amides is 1. The largest absolute Gasteiger partial charge is 0.387 e. The second-order valence-corrected chi connectivity index (χ2v) is 3.07. The number of rotatable bonds is 1. The summed E-state index contributed by atoms with van der Waals surface area (Å²) in [5.74, 6) is -0.632. The molecular formula is C9H13N3O. The summed E-state index contributed by atoms with van der Waals surface area (Å²) in [6.07, 6.45) is 3.99. The molecule has 1 aliphatic rings. The van der Waals surface area contributed by atoms with Gasteiger partial charge in [0.1, 0.15) is 11.6 Å². The van der Waals surface area contributed by atoms with Crippen molar-refractivity contribution in [1.29, 1.82) is 5.26 Å². The predicted molar refractivity (Wildman–Crippen MR) is 48.3 cm³/mol. The van der Waals surface area contributed by atoms with Crippen LogP contribution in [-0.2, 0) is 4.79 Å². The maximum Gasteiger partial charge on any atom is 0.261 e. The first-order valence-electron chi connectivity index (χ1n) is 4.42. The van der Waals surface area contributed by atoms with Gasteiger partial charge in [0.25, 0.3) is 5.91 Å². The second-order valence-electron chi connectivity index (χ2n) is 3.07. The van der Waals surface area contributed by atoms with Gasteiger partial charge in [0.05, 0.1) is 0 Å². The van der Waals surface area contributed by atoms with Crippen LogP contribution >= 0.6 is 0 Å². The van der Waals surface area contributed by atoms with E-state index in [1.165, 1.54) is 0 Å². The average molecular weight is 179 g/mol. The van der Waals surface area contributed by atoms with Crippen molar-refractivity contribution in [2.45, 2.75) is 25.7 Å². The number of carbonyl (C=O) groups is 1. The van der Waals surface area contributed by atoms with E-state index >= 15 is 0 Å². The van der Waals surface area contributed by atoms with Gasteiger partial charge in [-0.05, 0) is 19.3 Å². The molecule has 1 rings (SSSR count). The van der Waals surface area contributed by atoms with Crippen molar-refractivity contribution in [2.24, 2.45) is 5.73 Å². The van der Waals surface area contributed by atoms with E-state index in [4.69, 9.17) is 11.0 Å². The maximum absolute atomic E-state index is 10.8. The highest BCUT2D eigenvalue weighted by Gasteiger charge is 2.13. The van der Waals surface area contributed by atoms with Crippen molar-refractivity contribution in [3.05, 3.63) is 11.3 Å². The van der Waals surface area contributed by atoms with Crippen LogP contribution in [0.5, 0.6) is 0 Å². The minimum Gasteiger partial charge on any atom is -0.387 e. The number of carbonyl (C=O) groups excluding carboxylic acids is 1. The highest BCUT2D eigenvalue weighted by molar-refractivity contribution is 5.96. The SMILES string of the molecule is N#C/C(C(N)=O)=C1/CCCCCN1. The molecule has 0 radical (unpaired) electrons. The Bertz CT molecular complexity index is 265. The third-order valence-electron chi connectivity index (χ3n) is 2.10. The van der Waals surface area contributed by atoms with Crippen LogP contribution in [0.3, 0.4) is 0 Å². The van der Waals surface area contributed by atoms with Gasteiger partial charge in [-0.1, -0.05) is 6.42 Å². The molecule has 1 aliphatic heterocycles. The van der Waals surface area contributed by atoms with Gasteiger partial charge >= 0.3 is 0 Å². The molecule has 0 unspecified atom stereocenters. The van der Waals surface area contributed by atoms with Crippen molar-refractivity contribution in [1.82, 2.24) is 5.32 Å². The Morgan fingerprint density at radius 2 is 2.23 bits per heavy atom. The first-order valence-corrected chi connectivity index (χ1v) is 4.42. The number of hydrogen-bond acceptors (Lipinski definition) is 3. The lowest BCUT2D eigenvalue weighted by Crippen LogP contribution is -2.21. The van der Waals surface area contributed by atoms with E-state index in [9.17, 15) is 4.79 Å². The Morgan fingerprint density at radius 3 is 2.85 bits per heavy atom. The normalized spacial score (nSPS) is 20.8. The lowest BCUT2D eigenvalue weighted by molar-refractivity contribution is -0.114. The monoisotopic (exact) mass is 179 g/mol. The number of nitrogens with one attached hydrogen (secondary N) is 1. The van der Waals surface area contributed by atoms with Crippen LogP contribution in [0, 0.1) is 11.3 Å². The van der Waals surface area contributed by atoms with Gasteiger partial charge in [-0.15, -0.1) is 0 Å². The average Bonchev–Trinajstić information content (AvgIpc) is 2.33. The van der Waals surface area contributed by atoms with E-state index in [0.29, 0.717) is 5.70 Å². The molecule has 3 N–H and O–H groups in total. The molecule has 0 spiro atoms. The molecule has 0 aromatic rings. The first-order chi connectivity index (χ1) is 6.25. The van der Waals surface area contributed by atoms with Gasteiger partial charge in [0, 0.05) is 12.2 Å². The molecule has 0 bridgehead atoms. The van der Waals surface area contributed by atoms with Gasteiger partial charge < -0.3 is 11.1 Å². The summed E-state index contributed by atoms with van der Waals surface area (Å²) in [7, 11) is 0. The van der Waals surface area contributed by atoms with Gasteiger partial charge in [0.2, 0.25) is 0 Å². The number of hydrogen-bond donors (Lipinski definition) is 2. The Hall–Kier alpha value is -1.50. The molecule has 0 atom stereocenters. The van der Waals surface area contributed by atoms with Crippen molar-refractivity contribution >= 4 is 5.91 Å². The lowest BCUT2D eigenvalue weighted by atomic mass is 10.1. The smallest absolute Gasteiger partial charge is 0.261 e. The van der Waals surface area contributed by atoms with Gasteiger partial charge in [0.15, 0.2) is 0 Å². The number of nitriles is 1. The zero-order valence-corrected chi connectivity index (χ0v) is 7.47. The molecule has 0 aromatic heterocycles. The fourth-order valence-electron chi connectivity index (χ4n) is 1.42. The molecule has 1 fully saturated rings. The van der Waals surface area contributed by atoms with E-state index in [-0.39, 0.29) is 5.57 Å². The molecule has 4 heteroatoms. The Balaban J connectivity index is 2.85. The summed E-state index contributed by atoms with van der Waals surface area (Å²) in [6.45, 7) is 0.827. The molecular weight excluding hydrogens is 166 g/mol. The quantitative estimate of drug-likeness (QED) is 0.452. The summed E-state index contributed by atoms with van der Waals surface area (Å²) in [6, 6.07) is 1.84. The van der Waals surface area contributed by atoms with Crippen LogP contribution < -0.4 is 11.1 Å². The van der Waals surface area contributed by atoms with Crippen LogP contribution in [0.25, 0.3) is 0 Å². The summed E-state index contributed by atoms with van der Waals surface area (Å²) in [4.78, 5) is 10.8. The van der Waals surface area contributed by atoms with Crippen molar-refractivity contribution in [2.75, 3.05) is 6.54 Å². The molecule has 13 heavy (non-hydrogen) atoms. The fourth-order valence-corrected chi connectivity index (χ4v) is 1.42. The maximum atomic E-state index is 10.8. The molecule has 4 nitrogen and oxygen atoms in total. The minimum atomic E-state index is -0.632. The summed E-state index contributed by atoms with van der Waals surface area (Å²) >= 11 is 0. The van der Waals surface area contributed by atoms with Crippen LogP contribution in [0.2, 0.25) is 0 Å². The minimum absolute atomic E-state index is 0.0851. The van der Waals surface area contributed by atoms with Crippen LogP contribution in [0.15, 0.2) is 11.3 Å². The van der Waals surface area contributed by atoms with Crippen molar-refractivity contribution in [3.63, 3.8) is 0 Å². The first kappa shape index (κ1) is 9.59. The molecule has 0 saturated carbocycles. The third kappa shape index (κ3) is 2.48. The number of nitrogens with two attached hydrogens (primary N) is 1. The molecule has 0 aromatic carbocycles. The molecule has 1 heterocycles. The molecule has 0 aliphatic carbocycles. The number of nitrogens with zero attached hydrogens (tertiary/aromatic N) is 1. The zero-order chi connectivity index (χ0) is 9.68. The van der Waals surface area contributed by atoms with Gasteiger partial charge in [-0.2, -0.15) is 5.26 Å². The van der Waals surface area contributed by atoms with Crippen molar-refractivity contribution in [3.8, 4) is 6.07 Å². The molecule has 70 valence electrons. The Morgan fingerprint density at radius 1 is 1.46 bits per heavy atom.